The van der Waals surface area contributed by atoms with E-state index in [1.807, 2.05) is 25.1 Å². The first-order chi connectivity index (χ1) is 17.7. The Morgan fingerprint density at radius 1 is 1.05 bits per heavy atom. The smallest absolute Gasteiger partial charge is 0.253 e. The Bertz CT molecular complexity index is 1450. The second-order valence-corrected chi connectivity index (χ2v) is 11.3. The first-order valence-electron chi connectivity index (χ1n) is 12.1. The molecule has 0 aliphatic carbocycles. The average molecular weight is 526 g/mol. The van der Waals surface area contributed by atoms with Crippen LogP contribution in [0.15, 0.2) is 53.4 Å². The Morgan fingerprint density at radius 3 is 2.57 bits per heavy atom. The Balaban J connectivity index is 1.28. The number of nitrogens with one attached hydrogen (secondary N) is 1. The molecule has 2 aliphatic heterocycles. The first kappa shape index (κ1) is 25.2. The molecule has 0 atom stereocenters. The van der Waals surface area contributed by atoms with E-state index in [1.165, 1.54) is 16.4 Å². The zero-order valence-electron chi connectivity index (χ0n) is 20.7. The maximum absolute atomic E-state index is 14.0. The number of aromatic nitrogens is 1. The number of carbonyl (C=O) groups excluding carboxylic acids is 1. The number of fused-ring (bicyclic) bond motifs is 1. The normalized spacial score (nSPS) is 16.1. The Labute approximate surface area is 215 Å². The molecule has 3 heterocycles. The molecule has 0 unspecified atom stereocenters. The molecule has 2 aromatic carbocycles. The molecule has 1 saturated heterocycles. The van der Waals surface area contributed by atoms with Gasteiger partial charge in [0.15, 0.2) is 11.5 Å². The summed E-state index contributed by atoms with van der Waals surface area (Å²) in [5.74, 6) is 0.467. The number of hydrogen-bond donors (Lipinski definition) is 1. The van der Waals surface area contributed by atoms with Gasteiger partial charge in [-0.1, -0.05) is 12.1 Å². The van der Waals surface area contributed by atoms with Crippen LogP contribution in [0.5, 0.6) is 11.5 Å². The van der Waals surface area contributed by atoms with Gasteiger partial charge in [-0.3, -0.25) is 9.78 Å². The summed E-state index contributed by atoms with van der Waals surface area (Å²) in [7, 11) is -3.81. The number of hydrogen-bond acceptors (Lipinski definition) is 6. The lowest BCUT2D eigenvalue weighted by molar-refractivity contribution is 0.0948. The highest BCUT2D eigenvalue weighted by Crippen LogP contribution is 2.33. The number of pyridine rings is 1. The van der Waals surface area contributed by atoms with Crippen molar-refractivity contribution in [3.63, 3.8) is 0 Å². The number of sulfonamides is 1. The molecule has 10 heteroatoms. The minimum absolute atomic E-state index is 0.0497. The zero-order valence-corrected chi connectivity index (χ0v) is 21.5. The van der Waals surface area contributed by atoms with Crippen LogP contribution in [0.3, 0.4) is 0 Å². The highest BCUT2D eigenvalue weighted by Gasteiger charge is 2.32. The van der Waals surface area contributed by atoms with E-state index in [-0.39, 0.29) is 36.6 Å². The van der Waals surface area contributed by atoms with E-state index in [0.29, 0.717) is 47.7 Å². The molecule has 3 aromatic rings. The van der Waals surface area contributed by atoms with Crippen molar-refractivity contribution in [2.24, 2.45) is 0 Å². The van der Waals surface area contributed by atoms with E-state index in [0.717, 1.165) is 17.3 Å². The number of carbonyl (C=O) groups is 1. The molecule has 8 nitrogen and oxygen atoms in total. The van der Waals surface area contributed by atoms with E-state index >= 15 is 0 Å². The van der Waals surface area contributed by atoms with Crippen molar-refractivity contribution >= 4 is 15.9 Å². The fourth-order valence-electron chi connectivity index (χ4n) is 4.66. The van der Waals surface area contributed by atoms with Crippen LogP contribution in [0.25, 0.3) is 0 Å². The molecule has 1 amide bonds. The van der Waals surface area contributed by atoms with Crippen molar-refractivity contribution in [2.75, 3.05) is 19.9 Å². The summed E-state index contributed by atoms with van der Waals surface area (Å²) in [6, 6.07) is 13.1. The molecule has 1 aromatic heterocycles. The average Bonchev–Trinajstić information content (AvgIpc) is 3.37. The molecule has 194 valence electrons. The fourth-order valence-corrected chi connectivity index (χ4v) is 6.14. The van der Waals surface area contributed by atoms with E-state index in [1.54, 1.807) is 19.1 Å². The van der Waals surface area contributed by atoms with Crippen LogP contribution < -0.4 is 14.8 Å². The standard InChI is InChI=1S/C27H28FN3O5S/c1-17-3-6-21(14-23(17)28)37(33,34)31-11-9-20(10-12-31)26-22(7-4-18(2)30-26)27(32)29-15-19-5-8-24-25(13-19)36-16-35-24/h3-8,13-14,20H,9-12,15-16H2,1-2H3,(H,29,32). The number of benzene rings is 2. The Morgan fingerprint density at radius 2 is 1.81 bits per heavy atom. The van der Waals surface area contributed by atoms with Crippen molar-refractivity contribution in [3.8, 4) is 11.5 Å². The molecule has 0 bridgehead atoms. The number of halogens is 1. The number of nitrogens with zero attached hydrogens (tertiary/aromatic N) is 2. The summed E-state index contributed by atoms with van der Waals surface area (Å²) >= 11 is 0. The van der Waals surface area contributed by atoms with Crippen LogP contribution >= 0.6 is 0 Å². The summed E-state index contributed by atoms with van der Waals surface area (Å²) in [4.78, 5) is 17.8. The topological polar surface area (TPSA) is 97.8 Å². The number of piperidine rings is 1. The van der Waals surface area contributed by atoms with Gasteiger partial charge >= 0.3 is 0 Å². The summed E-state index contributed by atoms with van der Waals surface area (Å²) in [6.07, 6.45) is 1.01. The van der Waals surface area contributed by atoms with Gasteiger partial charge in [0.25, 0.3) is 5.91 Å². The van der Waals surface area contributed by atoms with Crippen LogP contribution in [-0.4, -0.2) is 43.5 Å². The minimum Gasteiger partial charge on any atom is -0.454 e. The van der Waals surface area contributed by atoms with Gasteiger partial charge in [0, 0.05) is 31.2 Å². The predicted molar refractivity (Wildman–Crippen MR) is 135 cm³/mol. The quantitative estimate of drug-likeness (QED) is 0.521. The maximum atomic E-state index is 14.0. The molecule has 0 spiro atoms. The van der Waals surface area contributed by atoms with E-state index in [9.17, 15) is 17.6 Å². The largest absolute Gasteiger partial charge is 0.454 e. The van der Waals surface area contributed by atoms with E-state index in [2.05, 4.69) is 10.3 Å². The van der Waals surface area contributed by atoms with Gasteiger partial charge in [0.05, 0.1) is 16.2 Å². The SMILES string of the molecule is Cc1ccc(C(=O)NCc2ccc3c(c2)OCO3)c(C2CCN(S(=O)(=O)c3ccc(C)c(F)c3)CC2)n1. The van der Waals surface area contributed by atoms with Crippen LogP contribution in [0.1, 0.15) is 51.6 Å². The van der Waals surface area contributed by atoms with Crippen LogP contribution in [-0.2, 0) is 16.6 Å². The molecule has 1 N–H and O–H groups in total. The minimum atomic E-state index is -3.81. The number of rotatable bonds is 6. The summed E-state index contributed by atoms with van der Waals surface area (Å²) < 4.78 is 52.3. The van der Waals surface area contributed by atoms with Crippen molar-refractivity contribution in [2.45, 2.75) is 44.0 Å². The molecular formula is C27H28FN3O5S. The third-order valence-corrected chi connectivity index (χ3v) is 8.71. The van der Waals surface area contributed by atoms with Gasteiger partial charge in [-0.15, -0.1) is 0 Å². The lowest BCUT2D eigenvalue weighted by atomic mass is 9.90. The zero-order chi connectivity index (χ0) is 26.2. The predicted octanol–water partition coefficient (Wildman–Crippen LogP) is 4.06. The molecule has 0 radical (unpaired) electrons. The summed E-state index contributed by atoms with van der Waals surface area (Å²) in [5.41, 5.74) is 3.21. The second-order valence-electron chi connectivity index (χ2n) is 9.35. The molecule has 2 aliphatic rings. The van der Waals surface area contributed by atoms with E-state index in [4.69, 9.17) is 9.47 Å². The number of amides is 1. The number of aryl methyl sites for hydroxylation is 2. The van der Waals surface area contributed by atoms with Crippen molar-refractivity contribution < 1.29 is 27.1 Å². The van der Waals surface area contributed by atoms with Gasteiger partial charge in [-0.05, 0) is 74.2 Å². The lowest BCUT2D eigenvalue weighted by Crippen LogP contribution is -2.38. The Hall–Kier alpha value is -3.50. The number of ether oxygens (including phenoxy) is 2. The van der Waals surface area contributed by atoms with Crippen LogP contribution in [0.4, 0.5) is 4.39 Å². The monoisotopic (exact) mass is 525 g/mol. The summed E-state index contributed by atoms with van der Waals surface area (Å²) in [5, 5.41) is 2.95. The molecule has 0 saturated carbocycles. The second kappa shape index (κ2) is 10.1. The van der Waals surface area contributed by atoms with Gasteiger partial charge in [-0.25, -0.2) is 12.8 Å². The van der Waals surface area contributed by atoms with E-state index < -0.39 is 15.8 Å². The fraction of sp³-hybridized carbons (Fsp3) is 0.333. The van der Waals surface area contributed by atoms with Crippen molar-refractivity contribution in [3.05, 3.63) is 82.4 Å². The highest BCUT2D eigenvalue weighted by molar-refractivity contribution is 7.89. The highest BCUT2D eigenvalue weighted by atomic mass is 32.2. The molecule has 37 heavy (non-hydrogen) atoms. The summed E-state index contributed by atoms with van der Waals surface area (Å²) in [6.45, 7) is 4.48. The first-order valence-corrected chi connectivity index (χ1v) is 13.6. The maximum Gasteiger partial charge on any atom is 0.253 e. The third kappa shape index (κ3) is 5.17. The van der Waals surface area contributed by atoms with Gasteiger partial charge < -0.3 is 14.8 Å². The van der Waals surface area contributed by atoms with Gasteiger partial charge in [-0.2, -0.15) is 4.31 Å². The molecule has 5 rings (SSSR count). The third-order valence-electron chi connectivity index (χ3n) is 6.82. The van der Waals surface area contributed by atoms with Crippen LogP contribution in [0, 0.1) is 19.7 Å². The van der Waals surface area contributed by atoms with Gasteiger partial charge in [0.2, 0.25) is 16.8 Å². The molecule has 1 fully saturated rings. The van der Waals surface area contributed by atoms with Crippen molar-refractivity contribution in [1.82, 2.24) is 14.6 Å². The lowest BCUT2D eigenvalue weighted by Gasteiger charge is -2.31. The molecular weight excluding hydrogens is 497 g/mol. The van der Waals surface area contributed by atoms with Crippen molar-refractivity contribution in [1.29, 1.82) is 0 Å². The Kier molecular flexibility index (Phi) is 6.87. The van der Waals surface area contributed by atoms with Crippen LogP contribution in [0.2, 0.25) is 0 Å². The van der Waals surface area contributed by atoms with Gasteiger partial charge in [0.1, 0.15) is 5.82 Å².